The molecule has 7 heteroatoms. The van der Waals surface area contributed by atoms with Gasteiger partial charge < -0.3 is 14.2 Å². The van der Waals surface area contributed by atoms with Crippen LogP contribution in [0.15, 0.2) is 24.3 Å². The average molecular weight is 438 g/mol. The van der Waals surface area contributed by atoms with Crippen LogP contribution in [0.4, 0.5) is 0 Å². The van der Waals surface area contributed by atoms with Crippen LogP contribution in [0.1, 0.15) is 74.1 Å². The number of carbonyl (C=O) groups is 1. The van der Waals surface area contributed by atoms with Crippen molar-refractivity contribution in [2.45, 2.75) is 69.9 Å². The number of benzene rings is 1. The zero-order valence-corrected chi connectivity index (χ0v) is 19.2. The van der Waals surface area contributed by atoms with Crippen molar-refractivity contribution >= 4 is 5.91 Å². The zero-order valence-electron chi connectivity index (χ0n) is 19.2. The third-order valence-electron chi connectivity index (χ3n) is 7.44. The summed E-state index contributed by atoms with van der Waals surface area (Å²) < 4.78 is 7.67. The van der Waals surface area contributed by atoms with E-state index in [4.69, 9.17) is 4.74 Å². The third-order valence-corrected chi connectivity index (χ3v) is 7.44. The van der Waals surface area contributed by atoms with Crippen molar-refractivity contribution in [3.63, 3.8) is 0 Å². The maximum Gasteiger partial charge on any atom is 0.237 e. The van der Waals surface area contributed by atoms with Crippen molar-refractivity contribution in [2.24, 2.45) is 0 Å². The Bertz CT molecular complexity index is 925. The Morgan fingerprint density at radius 3 is 2.69 bits per heavy atom. The van der Waals surface area contributed by atoms with Gasteiger partial charge in [-0.1, -0.05) is 18.6 Å². The lowest BCUT2D eigenvalue weighted by Crippen LogP contribution is -2.44. The Balaban J connectivity index is 1.24. The Morgan fingerprint density at radius 2 is 1.84 bits per heavy atom. The normalized spacial score (nSPS) is 24.2. The Morgan fingerprint density at radius 1 is 1.00 bits per heavy atom. The van der Waals surface area contributed by atoms with E-state index in [1.54, 1.807) is 7.11 Å². The highest BCUT2D eigenvalue weighted by Crippen LogP contribution is 2.33. The number of piperidine rings is 1. The molecule has 2 aromatic rings. The van der Waals surface area contributed by atoms with Gasteiger partial charge in [-0.15, -0.1) is 10.2 Å². The molecule has 1 amide bonds. The summed E-state index contributed by atoms with van der Waals surface area (Å²) in [5.74, 6) is 3.80. The standard InChI is InChI=1S/C25H35N5O2/c1-32-21-12-10-19(11-13-21)22-8-6-16-29(22)24(31)18-28-14-5-7-20(17-28)25-27-26-23-9-3-2-4-15-30(23)25/h10-13,20,22H,2-9,14-18H2,1H3. The smallest absolute Gasteiger partial charge is 0.237 e. The lowest BCUT2D eigenvalue weighted by molar-refractivity contribution is -0.133. The molecule has 1 aromatic heterocycles. The van der Waals surface area contributed by atoms with Gasteiger partial charge in [0.05, 0.1) is 19.7 Å². The first-order chi connectivity index (χ1) is 15.7. The number of rotatable bonds is 5. The molecule has 0 aliphatic carbocycles. The van der Waals surface area contributed by atoms with Gasteiger partial charge in [-0.25, -0.2) is 0 Å². The van der Waals surface area contributed by atoms with E-state index in [1.807, 2.05) is 12.1 Å². The molecule has 0 spiro atoms. The van der Waals surface area contributed by atoms with Crippen LogP contribution in [-0.4, -0.2) is 63.8 Å². The van der Waals surface area contributed by atoms with Crippen LogP contribution in [0.3, 0.4) is 0 Å². The molecule has 0 radical (unpaired) electrons. The number of aryl methyl sites for hydroxylation is 1. The van der Waals surface area contributed by atoms with E-state index >= 15 is 0 Å². The topological polar surface area (TPSA) is 63.5 Å². The number of hydrogen-bond donors (Lipinski definition) is 0. The number of carbonyl (C=O) groups excluding carboxylic acids is 1. The van der Waals surface area contributed by atoms with Crippen molar-refractivity contribution in [1.29, 1.82) is 0 Å². The highest BCUT2D eigenvalue weighted by atomic mass is 16.5. The quantitative estimate of drug-likeness (QED) is 0.716. The minimum absolute atomic E-state index is 0.182. The number of likely N-dealkylation sites (tertiary alicyclic amines) is 2. The molecule has 0 saturated carbocycles. The molecule has 0 bridgehead atoms. The maximum atomic E-state index is 13.3. The molecule has 4 heterocycles. The molecule has 2 unspecified atom stereocenters. The summed E-state index contributed by atoms with van der Waals surface area (Å²) in [4.78, 5) is 17.8. The van der Waals surface area contributed by atoms with Gasteiger partial charge in [0.25, 0.3) is 0 Å². The number of amides is 1. The molecule has 1 aromatic carbocycles. The SMILES string of the molecule is COc1ccc(C2CCCN2C(=O)CN2CCCC(c3nnc4n3CCCCC4)C2)cc1. The summed E-state index contributed by atoms with van der Waals surface area (Å²) in [5, 5.41) is 9.11. The van der Waals surface area contributed by atoms with E-state index in [0.29, 0.717) is 12.5 Å². The van der Waals surface area contributed by atoms with Gasteiger partial charge in [-0.05, 0) is 62.8 Å². The fourth-order valence-electron chi connectivity index (χ4n) is 5.74. The van der Waals surface area contributed by atoms with Crippen LogP contribution in [0.5, 0.6) is 5.75 Å². The van der Waals surface area contributed by atoms with E-state index in [0.717, 1.165) is 75.7 Å². The molecule has 2 saturated heterocycles. The molecular weight excluding hydrogens is 402 g/mol. The summed E-state index contributed by atoms with van der Waals surface area (Å²) in [6, 6.07) is 8.37. The number of fused-ring (bicyclic) bond motifs is 1. The summed E-state index contributed by atoms with van der Waals surface area (Å²) in [5.41, 5.74) is 1.21. The third kappa shape index (κ3) is 4.40. The Kier molecular flexibility index (Phi) is 6.44. The van der Waals surface area contributed by atoms with E-state index in [1.165, 1.54) is 24.8 Å². The van der Waals surface area contributed by atoms with Gasteiger partial charge in [-0.2, -0.15) is 0 Å². The molecular formula is C25H35N5O2. The van der Waals surface area contributed by atoms with E-state index < -0.39 is 0 Å². The van der Waals surface area contributed by atoms with Crippen LogP contribution < -0.4 is 4.74 Å². The lowest BCUT2D eigenvalue weighted by atomic mass is 9.97. The number of nitrogens with zero attached hydrogens (tertiary/aromatic N) is 5. The summed E-state index contributed by atoms with van der Waals surface area (Å²) in [6.45, 7) is 4.30. The fourth-order valence-corrected chi connectivity index (χ4v) is 5.74. The van der Waals surface area contributed by atoms with Crippen molar-refractivity contribution in [3.05, 3.63) is 41.5 Å². The number of methoxy groups -OCH3 is 1. The van der Waals surface area contributed by atoms with Gasteiger partial charge in [0.1, 0.15) is 17.4 Å². The summed E-state index contributed by atoms with van der Waals surface area (Å²) >= 11 is 0. The van der Waals surface area contributed by atoms with Crippen molar-refractivity contribution < 1.29 is 9.53 Å². The van der Waals surface area contributed by atoms with Crippen LogP contribution in [0.2, 0.25) is 0 Å². The molecule has 2 atom stereocenters. The average Bonchev–Trinajstić information content (AvgIpc) is 3.41. The zero-order chi connectivity index (χ0) is 21.9. The Labute approximate surface area is 190 Å². The molecule has 32 heavy (non-hydrogen) atoms. The van der Waals surface area contributed by atoms with Gasteiger partial charge in [-0.3, -0.25) is 9.69 Å². The molecule has 172 valence electrons. The van der Waals surface area contributed by atoms with Crippen LogP contribution in [0.25, 0.3) is 0 Å². The van der Waals surface area contributed by atoms with Crippen LogP contribution in [0, 0.1) is 0 Å². The summed E-state index contributed by atoms with van der Waals surface area (Å²) in [7, 11) is 1.68. The van der Waals surface area contributed by atoms with Crippen molar-refractivity contribution in [1.82, 2.24) is 24.6 Å². The van der Waals surface area contributed by atoms with Gasteiger partial charge >= 0.3 is 0 Å². The van der Waals surface area contributed by atoms with E-state index in [2.05, 4.69) is 36.7 Å². The van der Waals surface area contributed by atoms with Crippen LogP contribution in [-0.2, 0) is 17.8 Å². The largest absolute Gasteiger partial charge is 0.497 e. The highest BCUT2D eigenvalue weighted by molar-refractivity contribution is 5.79. The summed E-state index contributed by atoms with van der Waals surface area (Å²) in [6.07, 6.45) is 9.11. The van der Waals surface area contributed by atoms with Crippen LogP contribution >= 0.6 is 0 Å². The second-order valence-corrected chi connectivity index (χ2v) is 9.53. The second kappa shape index (κ2) is 9.61. The first kappa shape index (κ1) is 21.4. The highest BCUT2D eigenvalue weighted by Gasteiger charge is 2.33. The van der Waals surface area contributed by atoms with Gasteiger partial charge in [0.2, 0.25) is 5.91 Å². The maximum absolute atomic E-state index is 13.3. The number of ether oxygens (including phenoxy) is 1. The first-order valence-corrected chi connectivity index (χ1v) is 12.3. The number of hydrogen-bond acceptors (Lipinski definition) is 5. The number of aromatic nitrogens is 3. The molecule has 3 aliphatic heterocycles. The molecule has 5 rings (SSSR count). The lowest BCUT2D eigenvalue weighted by Gasteiger charge is -2.34. The van der Waals surface area contributed by atoms with Gasteiger partial charge in [0, 0.05) is 32.0 Å². The van der Waals surface area contributed by atoms with Gasteiger partial charge in [0.15, 0.2) is 0 Å². The van der Waals surface area contributed by atoms with E-state index in [9.17, 15) is 4.79 Å². The predicted octanol–water partition coefficient (Wildman–Crippen LogP) is 3.56. The predicted molar refractivity (Wildman–Crippen MR) is 123 cm³/mol. The second-order valence-electron chi connectivity index (χ2n) is 9.53. The molecule has 2 fully saturated rings. The minimum atomic E-state index is 0.182. The molecule has 7 nitrogen and oxygen atoms in total. The molecule has 3 aliphatic rings. The fraction of sp³-hybridized carbons (Fsp3) is 0.640. The Hall–Kier alpha value is -2.41. The first-order valence-electron chi connectivity index (χ1n) is 12.3. The van der Waals surface area contributed by atoms with Crippen molar-refractivity contribution in [3.8, 4) is 5.75 Å². The molecule has 0 N–H and O–H groups in total. The minimum Gasteiger partial charge on any atom is -0.497 e. The van der Waals surface area contributed by atoms with Crippen molar-refractivity contribution in [2.75, 3.05) is 33.3 Å². The monoisotopic (exact) mass is 437 g/mol. The van der Waals surface area contributed by atoms with E-state index in [-0.39, 0.29) is 11.9 Å².